The molecule has 4 nitrogen and oxygen atoms in total. The van der Waals surface area contributed by atoms with E-state index in [2.05, 4.69) is 4.98 Å². The van der Waals surface area contributed by atoms with E-state index in [1.165, 1.54) is 28.8 Å². The van der Waals surface area contributed by atoms with Gasteiger partial charge in [-0.3, -0.25) is 14.0 Å². The highest BCUT2D eigenvalue weighted by Crippen LogP contribution is 1.93. The van der Waals surface area contributed by atoms with E-state index in [9.17, 15) is 9.59 Å². The first-order valence-corrected chi connectivity index (χ1v) is 3.89. The minimum Gasteiger partial charge on any atom is -0.345 e. The van der Waals surface area contributed by atoms with Crippen molar-refractivity contribution >= 4 is 5.65 Å². The van der Waals surface area contributed by atoms with Crippen molar-refractivity contribution in [2.45, 2.75) is 6.92 Å². The second-order valence-electron chi connectivity index (χ2n) is 2.91. The molecule has 0 amide bonds. The van der Waals surface area contributed by atoms with Crippen LogP contribution in [-0.2, 0) is 0 Å². The summed E-state index contributed by atoms with van der Waals surface area (Å²) in [6, 6.07) is 4.24. The van der Waals surface area contributed by atoms with E-state index >= 15 is 0 Å². The Labute approximate surface area is 73.5 Å². The van der Waals surface area contributed by atoms with Gasteiger partial charge < -0.3 is 4.98 Å². The quantitative estimate of drug-likeness (QED) is 0.627. The molecule has 0 saturated heterocycles. The minimum absolute atomic E-state index is 0.110. The second kappa shape index (κ2) is 2.58. The maximum atomic E-state index is 11.4. The summed E-state index contributed by atoms with van der Waals surface area (Å²) in [7, 11) is 0. The van der Waals surface area contributed by atoms with Gasteiger partial charge in [0.2, 0.25) is 0 Å². The fourth-order valence-corrected chi connectivity index (χ4v) is 1.26. The molecule has 0 atom stereocenters. The number of rotatable bonds is 0. The predicted molar refractivity (Wildman–Crippen MR) is 49.0 cm³/mol. The molecular formula is C9H8N2O2. The molecule has 2 aromatic rings. The fourth-order valence-electron chi connectivity index (χ4n) is 1.26. The number of pyridine rings is 1. The standard InChI is InChI=1S/C9H8N2O2/c1-6-4-9(13)11-3-2-7(12)5-8(11)10-6/h2-5,10H,1H3. The summed E-state index contributed by atoms with van der Waals surface area (Å²) in [5.41, 5.74) is 1.03. The number of aromatic nitrogens is 2. The topological polar surface area (TPSA) is 54.3 Å². The van der Waals surface area contributed by atoms with Crippen LogP contribution < -0.4 is 11.0 Å². The fraction of sp³-hybridized carbons (Fsp3) is 0.111. The van der Waals surface area contributed by atoms with Crippen LogP contribution >= 0.6 is 0 Å². The first-order valence-electron chi connectivity index (χ1n) is 3.89. The van der Waals surface area contributed by atoms with Gasteiger partial charge in [-0.1, -0.05) is 0 Å². The summed E-state index contributed by atoms with van der Waals surface area (Å²) in [5, 5.41) is 0. The van der Waals surface area contributed by atoms with Gasteiger partial charge in [0.25, 0.3) is 5.56 Å². The molecule has 4 heteroatoms. The predicted octanol–water partition coefficient (Wildman–Crippen LogP) is 0.296. The van der Waals surface area contributed by atoms with E-state index in [0.29, 0.717) is 5.65 Å². The molecular weight excluding hydrogens is 168 g/mol. The van der Waals surface area contributed by atoms with E-state index in [4.69, 9.17) is 0 Å². The number of aromatic amines is 1. The normalized spacial score (nSPS) is 10.5. The number of hydrogen-bond donors (Lipinski definition) is 1. The van der Waals surface area contributed by atoms with Crippen LogP contribution in [0.3, 0.4) is 0 Å². The molecule has 0 fully saturated rings. The lowest BCUT2D eigenvalue weighted by Gasteiger charge is -2.00. The maximum absolute atomic E-state index is 11.4. The molecule has 2 heterocycles. The van der Waals surface area contributed by atoms with Crippen LogP contribution in [0.2, 0.25) is 0 Å². The number of aryl methyl sites for hydroxylation is 1. The Balaban J connectivity index is 3.03. The lowest BCUT2D eigenvalue weighted by atomic mass is 10.4. The summed E-state index contributed by atoms with van der Waals surface area (Å²) < 4.78 is 1.40. The molecule has 2 rings (SSSR count). The van der Waals surface area contributed by atoms with Gasteiger partial charge in [-0.2, -0.15) is 0 Å². The lowest BCUT2D eigenvalue weighted by Crippen LogP contribution is -2.16. The van der Waals surface area contributed by atoms with Gasteiger partial charge in [-0.15, -0.1) is 0 Å². The average molecular weight is 176 g/mol. The molecule has 1 N–H and O–H groups in total. The first-order chi connectivity index (χ1) is 6.16. The number of nitrogens with zero attached hydrogens (tertiary/aromatic N) is 1. The highest BCUT2D eigenvalue weighted by Gasteiger charge is 1.96. The Bertz CT molecular complexity index is 566. The van der Waals surface area contributed by atoms with Crippen LogP contribution in [0.4, 0.5) is 0 Å². The summed E-state index contributed by atoms with van der Waals surface area (Å²) in [5.74, 6) is 0. The van der Waals surface area contributed by atoms with Crippen LogP contribution in [-0.4, -0.2) is 9.38 Å². The minimum atomic E-state index is -0.133. The highest BCUT2D eigenvalue weighted by molar-refractivity contribution is 5.37. The van der Waals surface area contributed by atoms with Gasteiger partial charge in [0.05, 0.1) is 0 Å². The lowest BCUT2D eigenvalue weighted by molar-refractivity contribution is 1.01. The van der Waals surface area contributed by atoms with Crippen molar-refractivity contribution in [2.24, 2.45) is 0 Å². The Kier molecular flexibility index (Phi) is 1.55. The molecule has 0 radical (unpaired) electrons. The molecule has 0 aliphatic carbocycles. The van der Waals surface area contributed by atoms with Crippen molar-refractivity contribution in [3.63, 3.8) is 0 Å². The first kappa shape index (κ1) is 7.79. The van der Waals surface area contributed by atoms with Gasteiger partial charge >= 0.3 is 0 Å². The molecule has 0 aliphatic rings. The van der Waals surface area contributed by atoms with Gasteiger partial charge in [0.15, 0.2) is 5.43 Å². The number of H-pyrrole nitrogens is 1. The number of nitrogens with one attached hydrogen (secondary N) is 1. The molecule has 0 bridgehead atoms. The molecule has 0 spiro atoms. The summed E-state index contributed by atoms with van der Waals surface area (Å²) in [4.78, 5) is 25.3. The molecule has 66 valence electrons. The van der Waals surface area contributed by atoms with Crippen LogP contribution in [0.1, 0.15) is 5.69 Å². The largest absolute Gasteiger partial charge is 0.345 e. The van der Waals surface area contributed by atoms with Crippen LogP contribution in [0.15, 0.2) is 34.0 Å². The molecule has 2 aromatic heterocycles. The van der Waals surface area contributed by atoms with E-state index in [1.54, 1.807) is 6.92 Å². The zero-order valence-electron chi connectivity index (χ0n) is 7.07. The number of hydrogen-bond acceptors (Lipinski definition) is 2. The Morgan fingerprint density at radius 3 is 2.85 bits per heavy atom. The van der Waals surface area contributed by atoms with Gasteiger partial charge in [0, 0.05) is 30.1 Å². The monoisotopic (exact) mass is 176 g/mol. The third-order valence-corrected chi connectivity index (χ3v) is 1.83. The zero-order valence-corrected chi connectivity index (χ0v) is 7.07. The Morgan fingerprint density at radius 2 is 2.08 bits per heavy atom. The van der Waals surface area contributed by atoms with E-state index in [-0.39, 0.29) is 11.0 Å². The van der Waals surface area contributed by atoms with Crippen molar-refractivity contribution in [3.8, 4) is 0 Å². The SMILES string of the molecule is Cc1cc(=O)n2ccc(=O)cc2[nH]1. The Morgan fingerprint density at radius 1 is 1.31 bits per heavy atom. The van der Waals surface area contributed by atoms with Crippen molar-refractivity contribution in [1.29, 1.82) is 0 Å². The molecule has 0 aliphatic heterocycles. The van der Waals surface area contributed by atoms with Crippen molar-refractivity contribution < 1.29 is 0 Å². The second-order valence-corrected chi connectivity index (χ2v) is 2.91. The third-order valence-electron chi connectivity index (χ3n) is 1.83. The van der Waals surface area contributed by atoms with Gasteiger partial charge in [-0.25, -0.2) is 0 Å². The van der Waals surface area contributed by atoms with E-state index < -0.39 is 0 Å². The van der Waals surface area contributed by atoms with Crippen LogP contribution in [0.5, 0.6) is 0 Å². The summed E-state index contributed by atoms with van der Waals surface area (Å²) >= 11 is 0. The van der Waals surface area contributed by atoms with Crippen LogP contribution in [0.25, 0.3) is 5.65 Å². The summed E-state index contributed by atoms with van der Waals surface area (Å²) in [6.07, 6.45) is 1.47. The summed E-state index contributed by atoms with van der Waals surface area (Å²) in [6.45, 7) is 1.78. The van der Waals surface area contributed by atoms with Crippen molar-refractivity contribution in [3.05, 3.63) is 50.7 Å². The zero-order chi connectivity index (χ0) is 9.42. The van der Waals surface area contributed by atoms with E-state index in [0.717, 1.165) is 5.69 Å². The Hall–Kier alpha value is -1.84. The van der Waals surface area contributed by atoms with Gasteiger partial charge in [-0.05, 0) is 6.92 Å². The van der Waals surface area contributed by atoms with Crippen LogP contribution in [0, 0.1) is 6.92 Å². The smallest absolute Gasteiger partial charge is 0.257 e. The van der Waals surface area contributed by atoms with Gasteiger partial charge in [0.1, 0.15) is 5.65 Å². The third kappa shape index (κ3) is 1.26. The molecule has 0 saturated carbocycles. The van der Waals surface area contributed by atoms with E-state index in [1.807, 2.05) is 0 Å². The number of fused-ring (bicyclic) bond motifs is 1. The highest BCUT2D eigenvalue weighted by atomic mass is 16.1. The molecule has 13 heavy (non-hydrogen) atoms. The molecule has 0 unspecified atom stereocenters. The van der Waals surface area contributed by atoms with Crippen molar-refractivity contribution in [1.82, 2.24) is 9.38 Å². The van der Waals surface area contributed by atoms with Crippen molar-refractivity contribution in [2.75, 3.05) is 0 Å². The average Bonchev–Trinajstić information content (AvgIpc) is 2.02. The molecule has 0 aromatic carbocycles. The maximum Gasteiger partial charge on any atom is 0.257 e.